The number of nitrogens with one attached hydrogen (secondary N) is 1. The molecule has 0 heterocycles. The van der Waals surface area contributed by atoms with Crippen molar-refractivity contribution in [2.45, 2.75) is 47.0 Å². The molecule has 0 aliphatic rings. The van der Waals surface area contributed by atoms with Crippen molar-refractivity contribution in [2.24, 2.45) is 5.41 Å². The molecule has 0 saturated heterocycles. The highest BCUT2D eigenvalue weighted by Gasteiger charge is 2.22. The van der Waals surface area contributed by atoms with Gasteiger partial charge in [0.15, 0.2) is 12.4 Å². The van der Waals surface area contributed by atoms with Gasteiger partial charge in [0, 0.05) is 11.0 Å². The summed E-state index contributed by atoms with van der Waals surface area (Å²) < 4.78 is 4.88. The number of Topliss-reactive ketones (excluding diaryl/α,β-unsaturated/α-hetero) is 1. The van der Waals surface area contributed by atoms with Crippen LogP contribution in [0.4, 0.5) is 0 Å². The largest absolute Gasteiger partial charge is 0.456 e. The highest BCUT2D eigenvalue weighted by molar-refractivity contribution is 5.96. The van der Waals surface area contributed by atoms with Crippen LogP contribution in [0.2, 0.25) is 0 Å². The Morgan fingerprint density at radius 3 is 1.96 bits per heavy atom. The van der Waals surface area contributed by atoms with E-state index in [0.717, 1.165) is 5.56 Å². The van der Waals surface area contributed by atoms with Gasteiger partial charge >= 0.3 is 5.97 Å². The fourth-order valence-electron chi connectivity index (χ4n) is 1.79. The number of esters is 1. The minimum atomic E-state index is -0.632. The molecule has 5 nitrogen and oxygen atoms in total. The number of ether oxygens (including phenoxy) is 1. The molecule has 0 radical (unpaired) electrons. The minimum absolute atomic E-state index is 0.0123. The summed E-state index contributed by atoms with van der Waals surface area (Å²) in [5.41, 5.74) is 1.05. The molecule has 0 atom stereocenters. The molecule has 0 saturated carbocycles. The van der Waals surface area contributed by atoms with Gasteiger partial charge in [0.25, 0.3) is 5.91 Å². The fourth-order valence-corrected chi connectivity index (χ4v) is 1.79. The summed E-state index contributed by atoms with van der Waals surface area (Å²) in [5, 5.41) is 2.49. The monoisotopic (exact) mass is 333 g/mol. The lowest BCUT2D eigenvalue weighted by molar-refractivity contribution is -0.149. The van der Waals surface area contributed by atoms with Crippen molar-refractivity contribution in [1.29, 1.82) is 0 Å². The third-order valence-electron chi connectivity index (χ3n) is 3.61. The van der Waals surface area contributed by atoms with Crippen molar-refractivity contribution in [3.05, 3.63) is 35.4 Å². The Morgan fingerprint density at radius 2 is 1.50 bits per heavy atom. The summed E-state index contributed by atoms with van der Waals surface area (Å²) in [7, 11) is 0. The number of benzene rings is 1. The lowest BCUT2D eigenvalue weighted by atomic mass is 9.87. The van der Waals surface area contributed by atoms with Gasteiger partial charge in [-0.05, 0) is 23.1 Å². The van der Waals surface area contributed by atoms with Gasteiger partial charge in [0.1, 0.15) is 6.54 Å². The molecular formula is C19H27NO4. The Bertz CT molecular complexity index is 604. The van der Waals surface area contributed by atoms with Gasteiger partial charge in [0.05, 0.1) is 0 Å². The van der Waals surface area contributed by atoms with Crippen LogP contribution in [-0.4, -0.2) is 30.8 Å². The highest BCUT2D eigenvalue weighted by atomic mass is 16.5. The molecular weight excluding hydrogens is 306 g/mol. The second-order valence-electron chi connectivity index (χ2n) is 7.84. The van der Waals surface area contributed by atoms with Gasteiger partial charge in [-0.1, -0.05) is 53.7 Å². The van der Waals surface area contributed by atoms with Gasteiger partial charge in [-0.15, -0.1) is 0 Å². The van der Waals surface area contributed by atoms with Crippen LogP contribution in [0, 0.1) is 5.41 Å². The predicted octanol–water partition coefficient (Wildman–Crippen LogP) is 2.87. The quantitative estimate of drug-likeness (QED) is 0.841. The van der Waals surface area contributed by atoms with Crippen LogP contribution in [0.15, 0.2) is 24.3 Å². The summed E-state index contributed by atoms with van der Waals surface area (Å²) in [6.45, 7) is 11.0. The number of carbonyl (C=O) groups is 3. The summed E-state index contributed by atoms with van der Waals surface area (Å²) in [6.07, 6.45) is 0. The molecule has 1 rings (SSSR count). The first-order chi connectivity index (χ1) is 10.9. The first kappa shape index (κ1) is 19.9. The molecule has 1 N–H and O–H groups in total. The second kappa shape index (κ2) is 7.60. The van der Waals surface area contributed by atoms with E-state index in [1.54, 1.807) is 32.9 Å². The van der Waals surface area contributed by atoms with E-state index in [1.807, 2.05) is 12.1 Å². The molecule has 1 aromatic carbocycles. The lowest BCUT2D eigenvalue weighted by Gasteiger charge is -2.19. The van der Waals surface area contributed by atoms with Crippen LogP contribution in [0.5, 0.6) is 0 Å². The molecule has 0 aliphatic carbocycles. The molecule has 0 aromatic heterocycles. The van der Waals surface area contributed by atoms with E-state index < -0.39 is 11.4 Å². The average molecular weight is 333 g/mol. The van der Waals surface area contributed by atoms with Crippen molar-refractivity contribution >= 4 is 17.7 Å². The van der Waals surface area contributed by atoms with Crippen molar-refractivity contribution < 1.29 is 19.1 Å². The molecule has 24 heavy (non-hydrogen) atoms. The predicted molar refractivity (Wildman–Crippen MR) is 92.9 cm³/mol. The van der Waals surface area contributed by atoms with E-state index in [9.17, 15) is 14.4 Å². The van der Waals surface area contributed by atoms with Gasteiger partial charge in [-0.2, -0.15) is 0 Å². The average Bonchev–Trinajstić information content (AvgIpc) is 2.48. The number of ketones is 1. The van der Waals surface area contributed by atoms with Crippen molar-refractivity contribution in [1.82, 2.24) is 5.32 Å². The number of carbonyl (C=O) groups excluding carboxylic acids is 3. The van der Waals surface area contributed by atoms with Crippen molar-refractivity contribution in [2.75, 3.05) is 13.2 Å². The van der Waals surface area contributed by atoms with Crippen LogP contribution in [0.25, 0.3) is 0 Å². The Hall–Kier alpha value is -2.17. The van der Waals surface area contributed by atoms with Crippen LogP contribution in [0.3, 0.4) is 0 Å². The summed E-state index contributed by atoms with van der Waals surface area (Å²) in [4.78, 5) is 35.3. The zero-order valence-corrected chi connectivity index (χ0v) is 15.4. The van der Waals surface area contributed by atoms with E-state index in [-0.39, 0.29) is 30.3 Å². The minimum Gasteiger partial charge on any atom is -0.456 e. The Balaban J connectivity index is 2.48. The molecule has 0 aliphatic heterocycles. The number of hydrogen-bond donors (Lipinski definition) is 1. The molecule has 132 valence electrons. The first-order valence-corrected chi connectivity index (χ1v) is 7.99. The zero-order valence-electron chi connectivity index (χ0n) is 15.4. The summed E-state index contributed by atoms with van der Waals surface area (Å²) in [6, 6.07) is 7.25. The van der Waals surface area contributed by atoms with Gasteiger partial charge in [0.2, 0.25) is 0 Å². The Labute approximate surface area is 143 Å². The second-order valence-corrected chi connectivity index (χ2v) is 7.84. The van der Waals surface area contributed by atoms with Crippen LogP contribution < -0.4 is 5.32 Å². The SMILES string of the molecule is CC(C)(C)C(=O)COC(=O)CNC(=O)c1ccc(C(C)(C)C)cc1. The first-order valence-electron chi connectivity index (χ1n) is 7.99. The normalized spacial score (nSPS) is 11.8. The van der Waals surface area contributed by atoms with E-state index in [0.29, 0.717) is 5.56 Å². The van der Waals surface area contributed by atoms with Crippen LogP contribution in [-0.2, 0) is 19.7 Å². The Kier molecular flexibility index (Phi) is 6.29. The van der Waals surface area contributed by atoms with Gasteiger partial charge in [-0.3, -0.25) is 14.4 Å². The highest BCUT2D eigenvalue weighted by Crippen LogP contribution is 2.22. The molecule has 0 fully saturated rings. The maximum atomic E-state index is 12.0. The van der Waals surface area contributed by atoms with Crippen LogP contribution in [0.1, 0.15) is 57.5 Å². The fraction of sp³-hybridized carbons (Fsp3) is 0.526. The number of rotatable bonds is 5. The third kappa shape index (κ3) is 6.14. The maximum Gasteiger partial charge on any atom is 0.325 e. The Morgan fingerprint density at radius 1 is 0.958 bits per heavy atom. The van der Waals surface area contributed by atoms with Crippen molar-refractivity contribution in [3.63, 3.8) is 0 Å². The maximum absolute atomic E-state index is 12.0. The third-order valence-corrected chi connectivity index (χ3v) is 3.61. The van der Waals surface area contributed by atoms with Gasteiger partial charge in [-0.25, -0.2) is 0 Å². The summed E-state index contributed by atoms with van der Waals surface area (Å²) >= 11 is 0. The molecule has 0 bridgehead atoms. The smallest absolute Gasteiger partial charge is 0.325 e. The van der Waals surface area contributed by atoms with E-state index in [1.165, 1.54) is 0 Å². The molecule has 0 spiro atoms. The lowest BCUT2D eigenvalue weighted by Crippen LogP contribution is -2.33. The molecule has 5 heteroatoms. The molecule has 1 aromatic rings. The number of hydrogen-bond acceptors (Lipinski definition) is 4. The number of amides is 1. The summed E-state index contributed by atoms with van der Waals surface area (Å²) in [5.74, 6) is -1.15. The van der Waals surface area contributed by atoms with Crippen molar-refractivity contribution in [3.8, 4) is 0 Å². The van der Waals surface area contributed by atoms with E-state index in [2.05, 4.69) is 26.1 Å². The molecule has 0 unspecified atom stereocenters. The standard InChI is InChI=1S/C19H27NO4/c1-18(2,3)14-9-7-13(8-10-14)17(23)20-11-16(22)24-12-15(21)19(4,5)6/h7-10H,11-12H2,1-6H3,(H,20,23). The van der Waals surface area contributed by atoms with E-state index in [4.69, 9.17) is 4.74 Å². The van der Waals surface area contributed by atoms with Gasteiger partial charge < -0.3 is 10.1 Å². The topological polar surface area (TPSA) is 72.5 Å². The van der Waals surface area contributed by atoms with Crippen LogP contribution >= 0.6 is 0 Å². The molecule has 1 amide bonds. The van der Waals surface area contributed by atoms with E-state index >= 15 is 0 Å². The zero-order chi connectivity index (χ0) is 18.5.